The van der Waals surface area contributed by atoms with E-state index >= 15 is 0 Å². The van der Waals surface area contributed by atoms with Crippen LogP contribution in [0.4, 0.5) is 0 Å². The van der Waals surface area contributed by atoms with E-state index in [1.165, 1.54) is 11.8 Å². The molecule has 0 saturated carbocycles. The van der Waals surface area contributed by atoms with Crippen molar-refractivity contribution >= 4 is 39.9 Å². The van der Waals surface area contributed by atoms with Gasteiger partial charge >= 0.3 is 0 Å². The van der Waals surface area contributed by atoms with Crippen LogP contribution in [-0.2, 0) is 4.79 Å². The van der Waals surface area contributed by atoms with Crippen molar-refractivity contribution in [1.29, 1.82) is 0 Å². The molecule has 1 amide bonds. The molecule has 1 aromatic carbocycles. The maximum atomic E-state index is 12.2. The number of hydrogen-bond acceptors (Lipinski definition) is 5. The van der Waals surface area contributed by atoms with Gasteiger partial charge in [-0.15, -0.1) is 11.3 Å². The first kappa shape index (κ1) is 16.9. The zero-order valence-corrected chi connectivity index (χ0v) is 15.3. The standard InChI is InChI=1S/C18H19N3OS2/c1-3-10-19-17(22)12(2)24-18-13-7-4-5-8-14(13)20-16(21-18)15-9-6-11-23-15/h4-9,11-12H,3,10H2,1-2H3,(H,19,22)/t12-/m0/s1. The van der Waals surface area contributed by atoms with Gasteiger partial charge in [-0.05, 0) is 30.9 Å². The van der Waals surface area contributed by atoms with Crippen molar-refractivity contribution in [2.45, 2.75) is 30.5 Å². The molecule has 0 radical (unpaired) electrons. The Bertz CT molecular complexity index is 833. The average molecular weight is 358 g/mol. The van der Waals surface area contributed by atoms with Gasteiger partial charge in [0.25, 0.3) is 0 Å². The normalized spacial score (nSPS) is 12.2. The van der Waals surface area contributed by atoms with Crippen LogP contribution < -0.4 is 5.32 Å². The molecule has 0 spiro atoms. The molecular weight excluding hydrogens is 338 g/mol. The summed E-state index contributed by atoms with van der Waals surface area (Å²) in [6.07, 6.45) is 0.933. The number of thiophene rings is 1. The molecule has 0 aliphatic heterocycles. The van der Waals surface area contributed by atoms with E-state index < -0.39 is 0 Å². The Labute approximate surface area is 149 Å². The minimum absolute atomic E-state index is 0.0437. The number of nitrogens with one attached hydrogen (secondary N) is 1. The molecular formula is C18H19N3OS2. The molecule has 2 heterocycles. The molecule has 24 heavy (non-hydrogen) atoms. The highest BCUT2D eigenvalue weighted by atomic mass is 32.2. The van der Waals surface area contributed by atoms with Gasteiger partial charge < -0.3 is 5.32 Å². The van der Waals surface area contributed by atoms with Gasteiger partial charge in [0.1, 0.15) is 5.03 Å². The fourth-order valence-corrected chi connectivity index (χ4v) is 3.89. The van der Waals surface area contributed by atoms with Gasteiger partial charge in [0.15, 0.2) is 5.82 Å². The van der Waals surface area contributed by atoms with Crippen molar-refractivity contribution in [3.8, 4) is 10.7 Å². The van der Waals surface area contributed by atoms with Gasteiger partial charge in [0.05, 0.1) is 15.6 Å². The summed E-state index contributed by atoms with van der Waals surface area (Å²) in [5, 5.41) is 6.59. The molecule has 6 heteroatoms. The summed E-state index contributed by atoms with van der Waals surface area (Å²) in [5.41, 5.74) is 0.902. The number of hydrogen-bond donors (Lipinski definition) is 1. The highest BCUT2D eigenvalue weighted by Gasteiger charge is 2.18. The van der Waals surface area contributed by atoms with E-state index in [9.17, 15) is 4.79 Å². The van der Waals surface area contributed by atoms with Gasteiger partial charge in [0.2, 0.25) is 5.91 Å². The van der Waals surface area contributed by atoms with Crippen molar-refractivity contribution in [3.05, 3.63) is 41.8 Å². The summed E-state index contributed by atoms with van der Waals surface area (Å²) in [4.78, 5) is 22.6. The van der Waals surface area contributed by atoms with E-state index in [0.29, 0.717) is 12.4 Å². The second-order valence-corrected chi connectivity index (χ2v) is 7.68. The third-order valence-corrected chi connectivity index (χ3v) is 5.48. The van der Waals surface area contributed by atoms with Crippen LogP contribution in [0.25, 0.3) is 21.6 Å². The first-order chi connectivity index (χ1) is 11.7. The first-order valence-electron chi connectivity index (χ1n) is 7.94. The van der Waals surface area contributed by atoms with Crippen LogP contribution in [-0.4, -0.2) is 27.7 Å². The van der Waals surface area contributed by atoms with Crippen LogP contribution in [0.3, 0.4) is 0 Å². The number of nitrogens with zero attached hydrogens (tertiary/aromatic N) is 2. The SMILES string of the molecule is CCCNC(=O)[C@H](C)Sc1nc(-c2cccs2)nc2ccccc12. The lowest BCUT2D eigenvalue weighted by Gasteiger charge is -2.13. The third-order valence-electron chi connectivity index (χ3n) is 3.52. The molecule has 1 atom stereocenters. The largest absolute Gasteiger partial charge is 0.355 e. The maximum Gasteiger partial charge on any atom is 0.233 e. The predicted molar refractivity (Wildman–Crippen MR) is 101 cm³/mol. The maximum absolute atomic E-state index is 12.2. The van der Waals surface area contributed by atoms with Crippen LogP contribution in [0.15, 0.2) is 46.8 Å². The van der Waals surface area contributed by atoms with Gasteiger partial charge in [-0.2, -0.15) is 0 Å². The van der Waals surface area contributed by atoms with Gasteiger partial charge in [0, 0.05) is 11.9 Å². The molecule has 0 aliphatic rings. The lowest BCUT2D eigenvalue weighted by Crippen LogP contribution is -2.31. The van der Waals surface area contributed by atoms with E-state index in [1.54, 1.807) is 11.3 Å². The number of benzene rings is 1. The van der Waals surface area contributed by atoms with Crippen molar-refractivity contribution in [3.63, 3.8) is 0 Å². The van der Waals surface area contributed by atoms with E-state index in [-0.39, 0.29) is 11.2 Å². The van der Waals surface area contributed by atoms with Crippen LogP contribution in [0.1, 0.15) is 20.3 Å². The number of carbonyl (C=O) groups excluding carboxylic acids is 1. The minimum atomic E-state index is -0.203. The molecule has 0 bridgehead atoms. The number of para-hydroxylation sites is 1. The molecule has 0 fully saturated rings. The first-order valence-corrected chi connectivity index (χ1v) is 9.70. The monoisotopic (exact) mass is 357 g/mol. The predicted octanol–water partition coefficient (Wildman–Crippen LogP) is 4.37. The Kier molecular flexibility index (Phi) is 5.48. The molecule has 0 aliphatic carbocycles. The van der Waals surface area contributed by atoms with Crippen LogP contribution >= 0.6 is 23.1 Å². The Morgan fingerprint density at radius 3 is 2.83 bits per heavy atom. The quantitative estimate of drug-likeness (QED) is 0.526. The molecule has 2 aromatic heterocycles. The topological polar surface area (TPSA) is 54.9 Å². The van der Waals surface area contributed by atoms with Gasteiger partial charge in [-0.25, -0.2) is 9.97 Å². The molecule has 124 valence electrons. The number of amides is 1. The van der Waals surface area contributed by atoms with Crippen LogP contribution in [0, 0.1) is 0 Å². The second-order valence-electron chi connectivity index (χ2n) is 5.40. The fourth-order valence-electron chi connectivity index (χ4n) is 2.27. The molecule has 0 unspecified atom stereocenters. The summed E-state index contributed by atoms with van der Waals surface area (Å²) in [6, 6.07) is 11.9. The highest BCUT2D eigenvalue weighted by Crippen LogP contribution is 2.32. The summed E-state index contributed by atoms with van der Waals surface area (Å²) >= 11 is 3.10. The summed E-state index contributed by atoms with van der Waals surface area (Å²) < 4.78 is 0. The number of aromatic nitrogens is 2. The summed E-state index contributed by atoms with van der Waals surface area (Å²) in [7, 11) is 0. The van der Waals surface area contributed by atoms with Gasteiger partial charge in [-0.1, -0.05) is 43.0 Å². The Morgan fingerprint density at radius 2 is 2.08 bits per heavy atom. The van der Waals surface area contributed by atoms with Crippen LogP contribution in [0.5, 0.6) is 0 Å². The lowest BCUT2D eigenvalue weighted by atomic mass is 10.2. The van der Waals surface area contributed by atoms with E-state index in [4.69, 9.17) is 4.98 Å². The zero-order valence-electron chi connectivity index (χ0n) is 13.7. The number of rotatable bonds is 6. The van der Waals surface area contributed by atoms with Crippen molar-refractivity contribution in [2.75, 3.05) is 6.54 Å². The van der Waals surface area contributed by atoms with E-state index in [2.05, 4.69) is 10.3 Å². The summed E-state index contributed by atoms with van der Waals surface area (Å²) in [5.74, 6) is 0.759. The lowest BCUT2D eigenvalue weighted by molar-refractivity contribution is -0.120. The number of thioether (sulfide) groups is 1. The van der Waals surface area contributed by atoms with Gasteiger partial charge in [-0.3, -0.25) is 4.79 Å². The average Bonchev–Trinajstić information content (AvgIpc) is 3.14. The van der Waals surface area contributed by atoms with E-state index in [1.807, 2.05) is 55.6 Å². The fraction of sp³-hybridized carbons (Fsp3) is 0.278. The van der Waals surface area contributed by atoms with Crippen molar-refractivity contribution in [2.24, 2.45) is 0 Å². The molecule has 0 saturated heterocycles. The number of carbonyl (C=O) groups is 1. The highest BCUT2D eigenvalue weighted by molar-refractivity contribution is 8.00. The second kappa shape index (κ2) is 7.77. The Morgan fingerprint density at radius 1 is 1.25 bits per heavy atom. The third kappa shape index (κ3) is 3.76. The zero-order chi connectivity index (χ0) is 16.9. The Hall–Kier alpha value is -1.92. The smallest absolute Gasteiger partial charge is 0.233 e. The Balaban J connectivity index is 1.95. The minimum Gasteiger partial charge on any atom is -0.355 e. The van der Waals surface area contributed by atoms with Crippen molar-refractivity contribution < 1.29 is 4.79 Å². The van der Waals surface area contributed by atoms with E-state index in [0.717, 1.165) is 27.2 Å². The van der Waals surface area contributed by atoms with Crippen LogP contribution in [0.2, 0.25) is 0 Å². The molecule has 3 rings (SSSR count). The molecule has 3 aromatic rings. The summed E-state index contributed by atoms with van der Waals surface area (Å²) in [6.45, 7) is 4.66. The number of fused-ring (bicyclic) bond motifs is 1. The molecule has 4 nitrogen and oxygen atoms in total. The molecule has 1 N–H and O–H groups in total. The van der Waals surface area contributed by atoms with Crippen molar-refractivity contribution in [1.82, 2.24) is 15.3 Å².